The minimum absolute atomic E-state index is 0.202. The minimum Gasteiger partial charge on any atom is -0.304 e. The lowest BCUT2D eigenvalue weighted by molar-refractivity contribution is -0.0544. The highest BCUT2D eigenvalue weighted by Crippen LogP contribution is 2.29. The second-order valence-corrected chi connectivity index (χ2v) is 5.80. The summed E-state index contributed by atoms with van der Waals surface area (Å²) >= 11 is 0. The molecule has 4 aromatic rings. The predicted molar refractivity (Wildman–Crippen MR) is 94.2 cm³/mol. The number of carbonyl (C=O) groups excluding carboxylic acids is 1. The Morgan fingerprint density at radius 2 is 2.04 bits per heavy atom. The number of anilines is 1. The normalized spacial score (nSPS) is 10.8. The summed E-state index contributed by atoms with van der Waals surface area (Å²) in [7, 11) is 0. The molecule has 1 amide bonds. The Kier molecular flexibility index (Phi) is 3.85. The van der Waals surface area contributed by atoms with E-state index in [-0.39, 0.29) is 5.82 Å². The van der Waals surface area contributed by atoms with E-state index in [1.807, 2.05) is 43.5 Å². The number of amides is 1. The summed E-state index contributed by atoms with van der Waals surface area (Å²) in [6, 6.07) is 11.8. The second kappa shape index (κ2) is 6.32. The van der Waals surface area contributed by atoms with Crippen LogP contribution in [0.5, 0.6) is 0 Å². The average molecular weight is 351 g/mol. The van der Waals surface area contributed by atoms with Gasteiger partial charge in [0.2, 0.25) is 0 Å². The first-order valence-corrected chi connectivity index (χ1v) is 7.83. The SMILES string of the molecule is Cc1ccc(-c2ccn[nH]2)cc1-c1ccc2nc(NC(=O)OF)cn2c1. The Labute approximate surface area is 147 Å². The summed E-state index contributed by atoms with van der Waals surface area (Å²) in [5.74, 6) is 0.202. The molecule has 0 spiro atoms. The van der Waals surface area contributed by atoms with Gasteiger partial charge in [0.25, 0.3) is 0 Å². The van der Waals surface area contributed by atoms with E-state index in [4.69, 9.17) is 0 Å². The van der Waals surface area contributed by atoms with E-state index < -0.39 is 6.09 Å². The number of benzene rings is 1. The van der Waals surface area contributed by atoms with Crippen molar-refractivity contribution in [3.63, 3.8) is 0 Å². The van der Waals surface area contributed by atoms with Crippen molar-refractivity contribution in [2.45, 2.75) is 6.92 Å². The summed E-state index contributed by atoms with van der Waals surface area (Å²) in [6.45, 7) is 2.04. The van der Waals surface area contributed by atoms with Gasteiger partial charge < -0.3 is 4.40 Å². The third-order valence-corrected chi connectivity index (χ3v) is 4.11. The molecule has 0 bridgehead atoms. The Morgan fingerprint density at radius 3 is 2.81 bits per heavy atom. The zero-order valence-electron chi connectivity index (χ0n) is 13.7. The molecule has 0 unspecified atom stereocenters. The van der Waals surface area contributed by atoms with Crippen molar-refractivity contribution < 1.29 is 14.3 Å². The summed E-state index contributed by atoms with van der Waals surface area (Å²) < 4.78 is 13.6. The number of aromatic amines is 1. The highest BCUT2D eigenvalue weighted by Gasteiger charge is 2.10. The van der Waals surface area contributed by atoms with Crippen LogP contribution in [0.25, 0.3) is 28.0 Å². The van der Waals surface area contributed by atoms with Gasteiger partial charge in [-0.15, -0.1) is 0 Å². The maximum atomic E-state index is 11.9. The molecule has 2 N–H and O–H groups in total. The van der Waals surface area contributed by atoms with Crippen molar-refractivity contribution in [1.82, 2.24) is 19.6 Å². The summed E-state index contributed by atoms with van der Waals surface area (Å²) in [4.78, 5) is 18.3. The van der Waals surface area contributed by atoms with Crippen LogP contribution in [-0.2, 0) is 4.94 Å². The van der Waals surface area contributed by atoms with Crippen LogP contribution in [0.3, 0.4) is 0 Å². The number of pyridine rings is 1. The van der Waals surface area contributed by atoms with E-state index in [1.165, 1.54) is 0 Å². The molecular weight excluding hydrogens is 337 g/mol. The first kappa shape index (κ1) is 15.8. The zero-order valence-corrected chi connectivity index (χ0v) is 13.7. The fourth-order valence-corrected chi connectivity index (χ4v) is 2.85. The highest BCUT2D eigenvalue weighted by atomic mass is 19.3. The van der Waals surface area contributed by atoms with Gasteiger partial charge in [-0.1, -0.05) is 12.1 Å². The number of nitrogens with zero attached hydrogens (tertiary/aromatic N) is 3. The van der Waals surface area contributed by atoms with Gasteiger partial charge >= 0.3 is 6.09 Å². The number of aryl methyl sites for hydroxylation is 1. The number of H-pyrrole nitrogens is 1. The first-order valence-electron chi connectivity index (χ1n) is 7.83. The van der Waals surface area contributed by atoms with E-state index >= 15 is 0 Å². The molecule has 8 heteroatoms. The van der Waals surface area contributed by atoms with Crippen molar-refractivity contribution in [3.8, 4) is 22.4 Å². The molecule has 7 nitrogen and oxygen atoms in total. The smallest absolute Gasteiger partial charge is 0.304 e. The summed E-state index contributed by atoms with van der Waals surface area (Å²) in [6.07, 6.45) is 3.98. The van der Waals surface area contributed by atoms with Crippen LogP contribution in [0, 0.1) is 6.92 Å². The summed E-state index contributed by atoms with van der Waals surface area (Å²) in [5.41, 5.74) is 5.74. The molecule has 0 saturated heterocycles. The lowest BCUT2D eigenvalue weighted by atomic mass is 9.98. The largest absolute Gasteiger partial charge is 0.450 e. The molecule has 1 aromatic carbocycles. The number of carbonyl (C=O) groups is 1. The number of nitrogens with one attached hydrogen (secondary N) is 2. The van der Waals surface area contributed by atoms with Gasteiger partial charge in [-0.05, 0) is 47.9 Å². The van der Waals surface area contributed by atoms with Gasteiger partial charge in [0.1, 0.15) is 5.65 Å². The molecule has 26 heavy (non-hydrogen) atoms. The van der Waals surface area contributed by atoms with Crippen molar-refractivity contribution in [2.75, 3.05) is 5.32 Å². The van der Waals surface area contributed by atoms with Gasteiger partial charge in [0.15, 0.2) is 5.82 Å². The quantitative estimate of drug-likeness (QED) is 0.581. The van der Waals surface area contributed by atoms with Crippen LogP contribution in [0.1, 0.15) is 5.56 Å². The third kappa shape index (κ3) is 2.88. The molecule has 3 heterocycles. The van der Waals surface area contributed by atoms with Crippen LogP contribution in [-0.4, -0.2) is 25.7 Å². The first-order chi connectivity index (χ1) is 12.6. The molecule has 130 valence electrons. The van der Waals surface area contributed by atoms with Gasteiger partial charge in [0, 0.05) is 22.5 Å². The van der Waals surface area contributed by atoms with Crippen LogP contribution in [0.15, 0.2) is 55.0 Å². The van der Waals surface area contributed by atoms with Gasteiger partial charge in [0.05, 0.1) is 11.9 Å². The summed E-state index contributed by atoms with van der Waals surface area (Å²) in [5, 5.41) is 9.15. The van der Waals surface area contributed by atoms with E-state index in [1.54, 1.807) is 16.8 Å². The molecule has 3 aromatic heterocycles. The molecule has 0 radical (unpaired) electrons. The number of aromatic nitrogens is 4. The van der Waals surface area contributed by atoms with Gasteiger partial charge in [-0.2, -0.15) is 5.10 Å². The number of halogens is 1. The van der Waals surface area contributed by atoms with Crippen molar-refractivity contribution in [3.05, 3.63) is 60.6 Å². The number of hydrogen-bond acceptors (Lipinski definition) is 4. The van der Waals surface area contributed by atoms with Gasteiger partial charge in [-0.3, -0.25) is 10.4 Å². The number of hydrogen-bond donors (Lipinski definition) is 2. The van der Waals surface area contributed by atoms with Crippen molar-refractivity contribution >= 4 is 17.6 Å². The number of imidazole rings is 1. The molecular formula is C18H14FN5O2. The van der Waals surface area contributed by atoms with Crippen LogP contribution in [0.2, 0.25) is 0 Å². The fraction of sp³-hybridized carbons (Fsp3) is 0.0556. The molecule has 4 rings (SSSR count). The molecule has 0 aliphatic carbocycles. The Morgan fingerprint density at radius 1 is 1.19 bits per heavy atom. The second-order valence-electron chi connectivity index (χ2n) is 5.80. The van der Waals surface area contributed by atoms with Crippen LogP contribution >= 0.6 is 0 Å². The van der Waals surface area contributed by atoms with Crippen LogP contribution < -0.4 is 5.32 Å². The van der Waals surface area contributed by atoms with Crippen LogP contribution in [0.4, 0.5) is 15.1 Å². The van der Waals surface area contributed by atoms with Crippen molar-refractivity contribution in [2.24, 2.45) is 0 Å². The lowest BCUT2D eigenvalue weighted by Crippen LogP contribution is -2.09. The molecule has 0 atom stereocenters. The molecule has 0 aliphatic rings. The standard InChI is InChI=1S/C18H14FN5O2/c1-11-2-3-12(15-6-7-20-23-15)8-14(11)13-4-5-17-21-16(10-24(17)9-13)22-18(25)26-19/h2-10H,1H3,(H,20,23)(H,22,25). The van der Waals surface area contributed by atoms with E-state index in [0.717, 1.165) is 27.9 Å². The Balaban J connectivity index is 1.74. The fourth-order valence-electron chi connectivity index (χ4n) is 2.85. The minimum atomic E-state index is -1.21. The third-order valence-electron chi connectivity index (χ3n) is 4.11. The highest BCUT2D eigenvalue weighted by molar-refractivity contribution is 5.83. The Bertz CT molecular complexity index is 1090. The topological polar surface area (TPSA) is 84.3 Å². The molecule has 0 saturated carbocycles. The molecule has 0 aliphatic heterocycles. The number of fused-ring (bicyclic) bond motifs is 1. The van der Waals surface area contributed by atoms with E-state index in [2.05, 4.69) is 31.5 Å². The average Bonchev–Trinajstić information content (AvgIpc) is 3.30. The monoisotopic (exact) mass is 351 g/mol. The molecule has 0 fully saturated rings. The maximum Gasteiger partial charge on any atom is 0.450 e. The maximum absolute atomic E-state index is 11.9. The van der Waals surface area contributed by atoms with E-state index in [0.29, 0.717) is 5.65 Å². The van der Waals surface area contributed by atoms with Crippen molar-refractivity contribution in [1.29, 1.82) is 0 Å². The zero-order chi connectivity index (χ0) is 18.1. The number of rotatable bonds is 3. The Hall–Kier alpha value is -3.68. The van der Waals surface area contributed by atoms with Gasteiger partial charge in [-0.25, -0.2) is 14.7 Å². The predicted octanol–water partition coefficient (Wildman–Crippen LogP) is 4.13. The lowest BCUT2D eigenvalue weighted by Gasteiger charge is -2.09. The van der Waals surface area contributed by atoms with E-state index in [9.17, 15) is 9.32 Å².